The predicted molar refractivity (Wildman–Crippen MR) is 101 cm³/mol. The third-order valence-corrected chi connectivity index (χ3v) is 6.19. The Labute approximate surface area is 156 Å². The molecule has 0 aliphatic carbocycles. The van der Waals surface area contributed by atoms with Crippen LogP contribution in [0.25, 0.3) is 0 Å². The summed E-state index contributed by atoms with van der Waals surface area (Å²) in [4.78, 5) is 19.9. The molecule has 26 heavy (non-hydrogen) atoms. The Balaban J connectivity index is 1.75. The zero-order valence-electron chi connectivity index (χ0n) is 16.6. The number of hydrogen-bond acceptors (Lipinski definition) is 5. The lowest BCUT2D eigenvalue weighted by atomic mass is 9.88. The summed E-state index contributed by atoms with van der Waals surface area (Å²) in [5, 5.41) is 14.4. The molecule has 0 bridgehead atoms. The Morgan fingerprint density at radius 2 is 1.96 bits per heavy atom. The molecular weight excluding hydrogens is 330 g/mol. The number of carbonyl (C=O) groups is 1. The molecule has 0 saturated carbocycles. The van der Waals surface area contributed by atoms with Crippen molar-refractivity contribution in [3.63, 3.8) is 0 Å². The molecule has 0 aromatic carbocycles. The van der Waals surface area contributed by atoms with Crippen LogP contribution in [0, 0.1) is 18.8 Å². The molecule has 3 heterocycles. The maximum absolute atomic E-state index is 13.1. The Hall–Kier alpha value is -1.44. The number of nitrogens with zero attached hydrogens (tertiary/aromatic N) is 5. The van der Waals surface area contributed by atoms with Gasteiger partial charge in [0, 0.05) is 46.3 Å². The maximum atomic E-state index is 13.1. The second kappa shape index (κ2) is 8.06. The van der Waals surface area contributed by atoms with Gasteiger partial charge in [0.1, 0.15) is 5.69 Å². The van der Waals surface area contributed by atoms with Gasteiger partial charge in [-0.2, -0.15) is 5.10 Å². The second-order valence-electron chi connectivity index (χ2n) is 7.94. The third kappa shape index (κ3) is 3.80. The second-order valence-corrected chi connectivity index (χ2v) is 7.94. The average molecular weight is 364 g/mol. The molecule has 7 nitrogen and oxygen atoms in total. The van der Waals surface area contributed by atoms with E-state index in [1.54, 1.807) is 4.68 Å². The van der Waals surface area contributed by atoms with Crippen molar-refractivity contribution in [2.75, 3.05) is 52.9 Å². The van der Waals surface area contributed by atoms with E-state index in [-0.39, 0.29) is 18.6 Å². The smallest absolute Gasteiger partial charge is 0.272 e. The molecule has 7 heteroatoms. The molecule has 2 saturated heterocycles. The minimum atomic E-state index is -0.109. The van der Waals surface area contributed by atoms with Gasteiger partial charge in [-0.15, -0.1) is 0 Å². The number of aliphatic hydroxyl groups excluding tert-OH is 1. The summed E-state index contributed by atoms with van der Waals surface area (Å²) in [6.07, 6.45) is 1.03. The van der Waals surface area contributed by atoms with Crippen LogP contribution in [0.2, 0.25) is 0 Å². The predicted octanol–water partition coefficient (Wildman–Crippen LogP) is 0.435. The fraction of sp³-hybridized carbons (Fsp3) is 0.789. The quantitative estimate of drug-likeness (QED) is 0.822. The molecule has 2 fully saturated rings. The van der Waals surface area contributed by atoms with Gasteiger partial charge >= 0.3 is 0 Å². The molecule has 2 aliphatic rings. The first-order chi connectivity index (χ1) is 12.4. The van der Waals surface area contributed by atoms with E-state index in [0.29, 0.717) is 17.5 Å². The van der Waals surface area contributed by atoms with E-state index in [4.69, 9.17) is 0 Å². The molecule has 1 N–H and O–H groups in total. The lowest BCUT2D eigenvalue weighted by molar-refractivity contribution is 0.0582. The van der Waals surface area contributed by atoms with Gasteiger partial charge in [-0.25, -0.2) is 0 Å². The van der Waals surface area contributed by atoms with Crippen LogP contribution in [0.15, 0.2) is 6.07 Å². The van der Waals surface area contributed by atoms with Crippen LogP contribution >= 0.6 is 0 Å². The van der Waals surface area contributed by atoms with E-state index in [1.807, 2.05) is 24.9 Å². The minimum Gasteiger partial charge on any atom is -0.394 e. The molecule has 1 aromatic rings. The summed E-state index contributed by atoms with van der Waals surface area (Å²) in [7, 11) is 3.97. The van der Waals surface area contributed by atoms with Crippen molar-refractivity contribution in [2.45, 2.75) is 26.3 Å². The SMILES string of the molecule is CC[C@@H]1CN(C(=O)c2cc(C)nn2C)[C@H](CO)[C@@H]1CN1CCN(C)CC1. The summed E-state index contributed by atoms with van der Waals surface area (Å²) in [5.41, 5.74) is 1.45. The van der Waals surface area contributed by atoms with Gasteiger partial charge < -0.3 is 19.8 Å². The van der Waals surface area contributed by atoms with E-state index >= 15 is 0 Å². The number of likely N-dealkylation sites (tertiary alicyclic amines) is 1. The first-order valence-electron chi connectivity index (χ1n) is 9.78. The lowest BCUT2D eigenvalue weighted by Crippen LogP contribution is -2.49. The number of amides is 1. The normalized spacial score (nSPS) is 28.0. The molecule has 3 rings (SSSR count). The highest BCUT2D eigenvalue weighted by Crippen LogP contribution is 2.34. The Morgan fingerprint density at radius 3 is 2.50 bits per heavy atom. The summed E-state index contributed by atoms with van der Waals surface area (Å²) in [6, 6.07) is 1.73. The van der Waals surface area contributed by atoms with Crippen LogP contribution in [-0.4, -0.2) is 94.5 Å². The molecule has 0 unspecified atom stereocenters. The highest BCUT2D eigenvalue weighted by molar-refractivity contribution is 5.93. The average Bonchev–Trinajstić information content (AvgIpc) is 3.15. The summed E-state index contributed by atoms with van der Waals surface area (Å²) >= 11 is 0. The molecule has 3 atom stereocenters. The molecule has 2 aliphatic heterocycles. The van der Waals surface area contributed by atoms with Gasteiger partial charge in [0.15, 0.2) is 0 Å². The van der Waals surface area contributed by atoms with Crippen molar-refractivity contribution >= 4 is 5.91 Å². The zero-order valence-corrected chi connectivity index (χ0v) is 16.6. The van der Waals surface area contributed by atoms with Gasteiger partial charge in [0.05, 0.1) is 18.3 Å². The van der Waals surface area contributed by atoms with Crippen LogP contribution < -0.4 is 0 Å². The molecule has 146 valence electrons. The number of aromatic nitrogens is 2. The first kappa shape index (κ1) is 19.3. The van der Waals surface area contributed by atoms with E-state index in [0.717, 1.165) is 51.4 Å². The highest BCUT2D eigenvalue weighted by Gasteiger charge is 2.44. The number of aliphatic hydroxyl groups is 1. The molecule has 1 aromatic heterocycles. The summed E-state index contributed by atoms with van der Waals surface area (Å²) in [5.74, 6) is 0.753. The zero-order chi connectivity index (χ0) is 18.8. The minimum absolute atomic E-state index is 0.00789. The third-order valence-electron chi connectivity index (χ3n) is 6.19. The number of hydrogen-bond donors (Lipinski definition) is 1. The van der Waals surface area contributed by atoms with Crippen molar-refractivity contribution in [1.29, 1.82) is 0 Å². The standard InChI is InChI=1S/C19H33N5O2/c1-5-15-11-24(19(26)17-10-14(2)20-22(17)4)18(13-25)16(15)12-23-8-6-21(3)7-9-23/h10,15-16,18,25H,5-9,11-13H2,1-4H3/t15-,16-,18-/m1/s1. The van der Waals surface area contributed by atoms with Crippen molar-refractivity contribution in [3.8, 4) is 0 Å². The lowest BCUT2D eigenvalue weighted by Gasteiger charge is -2.36. The van der Waals surface area contributed by atoms with E-state index < -0.39 is 0 Å². The Morgan fingerprint density at radius 1 is 1.27 bits per heavy atom. The largest absolute Gasteiger partial charge is 0.394 e. The molecule has 0 radical (unpaired) electrons. The summed E-state index contributed by atoms with van der Waals surface area (Å²) in [6.45, 7) is 10.1. The monoisotopic (exact) mass is 363 g/mol. The maximum Gasteiger partial charge on any atom is 0.272 e. The van der Waals surface area contributed by atoms with E-state index in [1.165, 1.54) is 0 Å². The fourth-order valence-corrected chi connectivity index (χ4v) is 4.53. The van der Waals surface area contributed by atoms with Crippen LogP contribution in [0.1, 0.15) is 29.5 Å². The van der Waals surface area contributed by atoms with Crippen LogP contribution in [0.5, 0.6) is 0 Å². The number of aryl methyl sites for hydroxylation is 2. The van der Waals surface area contributed by atoms with Crippen molar-refractivity contribution < 1.29 is 9.90 Å². The van der Waals surface area contributed by atoms with E-state index in [9.17, 15) is 9.90 Å². The topological polar surface area (TPSA) is 64.8 Å². The molecular formula is C19H33N5O2. The summed E-state index contributed by atoms with van der Waals surface area (Å²) < 4.78 is 1.65. The van der Waals surface area contributed by atoms with E-state index in [2.05, 4.69) is 28.9 Å². The number of piperazine rings is 1. The number of carbonyl (C=O) groups excluding carboxylic acids is 1. The van der Waals surface area contributed by atoms with Gasteiger partial charge in [-0.3, -0.25) is 9.48 Å². The van der Waals surface area contributed by atoms with Crippen LogP contribution in [-0.2, 0) is 7.05 Å². The highest BCUT2D eigenvalue weighted by atomic mass is 16.3. The Bertz CT molecular complexity index is 623. The Kier molecular flexibility index (Phi) is 5.99. The van der Waals surface area contributed by atoms with Crippen LogP contribution in [0.3, 0.4) is 0 Å². The molecule has 1 amide bonds. The first-order valence-corrected chi connectivity index (χ1v) is 9.78. The van der Waals surface area contributed by atoms with Crippen molar-refractivity contribution in [2.24, 2.45) is 18.9 Å². The van der Waals surface area contributed by atoms with Gasteiger partial charge in [-0.1, -0.05) is 13.3 Å². The van der Waals surface area contributed by atoms with Gasteiger partial charge in [0.2, 0.25) is 0 Å². The van der Waals surface area contributed by atoms with Gasteiger partial charge in [0.25, 0.3) is 5.91 Å². The van der Waals surface area contributed by atoms with Gasteiger partial charge in [-0.05, 0) is 31.9 Å². The molecule has 0 spiro atoms. The van der Waals surface area contributed by atoms with Crippen molar-refractivity contribution in [1.82, 2.24) is 24.5 Å². The van der Waals surface area contributed by atoms with Crippen LogP contribution in [0.4, 0.5) is 0 Å². The fourth-order valence-electron chi connectivity index (χ4n) is 4.53. The number of likely N-dealkylation sites (N-methyl/N-ethyl adjacent to an activating group) is 1. The van der Waals surface area contributed by atoms with Crippen molar-refractivity contribution in [3.05, 3.63) is 17.5 Å². The number of rotatable bonds is 5.